The number of benzene rings is 2. The van der Waals surface area contributed by atoms with Crippen LogP contribution in [0.3, 0.4) is 0 Å². The molecule has 0 radical (unpaired) electrons. The van der Waals surface area contributed by atoms with Crippen LogP contribution in [0.15, 0.2) is 42.6 Å². The van der Waals surface area contributed by atoms with Crippen LogP contribution in [0.1, 0.15) is 49.0 Å². The van der Waals surface area contributed by atoms with Crippen LogP contribution in [0.5, 0.6) is 0 Å². The number of amides is 1. The van der Waals surface area contributed by atoms with Crippen molar-refractivity contribution < 1.29 is 14.3 Å². The lowest BCUT2D eigenvalue weighted by Crippen LogP contribution is -2.35. The second-order valence-corrected chi connectivity index (χ2v) is 9.18. The van der Waals surface area contributed by atoms with Gasteiger partial charge in [0.25, 0.3) is 0 Å². The van der Waals surface area contributed by atoms with Gasteiger partial charge in [-0.05, 0) is 50.5 Å². The zero-order valence-electron chi connectivity index (χ0n) is 17.4. The van der Waals surface area contributed by atoms with E-state index in [9.17, 15) is 9.59 Å². The summed E-state index contributed by atoms with van der Waals surface area (Å²) in [4.78, 5) is 28.4. The smallest absolute Gasteiger partial charge is 0.410 e. The molecule has 1 atom stereocenters. The van der Waals surface area contributed by atoms with Gasteiger partial charge in [-0.1, -0.05) is 35.9 Å². The maximum Gasteiger partial charge on any atom is 0.410 e. The third-order valence-electron chi connectivity index (χ3n) is 5.46. The second kappa shape index (κ2) is 7.80. The van der Waals surface area contributed by atoms with Crippen LogP contribution in [-0.2, 0) is 4.74 Å². The number of rotatable bonds is 3. The Morgan fingerprint density at radius 1 is 1.23 bits per heavy atom. The van der Waals surface area contributed by atoms with Gasteiger partial charge in [-0.15, -0.1) is 0 Å². The Kier molecular flexibility index (Phi) is 5.33. The molecule has 1 unspecified atom stereocenters. The number of fused-ring (bicyclic) bond motifs is 1. The maximum atomic E-state index is 12.3. The van der Waals surface area contributed by atoms with Crippen LogP contribution in [-0.4, -0.2) is 41.0 Å². The van der Waals surface area contributed by atoms with E-state index in [0.29, 0.717) is 23.7 Å². The molecular formula is C24H25ClN2O3. The Bertz CT molecular complexity index is 1100. The summed E-state index contributed by atoms with van der Waals surface area (Å²) in [5.41, 5.74) is 4.05. The number of nitrogens with one attached hydrogen (secondary N) is 1. The number of H-pyrrole nitrogens is 1. The fourth-order valence-electron chi connectivity index (χ4n) is 3.94. The highest BCUT2D eigenvalue weighted by atomic mass is 35.5. The van der Waals surface area contributed by atoms with Gasteiger partial charge in [0.1, 0.15) is 5.60 Å². The van der Waals surface area contributed by atoms with Crippen LogP contribution in [0.25, 0.3) is 22.0 Å². The van der Waals surface area contributed by atoms with Crippen molar-refractivity contribution in [2.45, 2.75) is 38.7 Å². The summed E-state index contributed by atoms with van der Waals surface area (Å²) in [7, 11) is 0. The van der Waals surface area contributed by atoms with Gasteiger partial charge >= 0.3 is 6.09 Å². The third-order valence-corrected chi connectivity index (χ3v) is 5.77. The summed E-state index contributed by atoms with van der Waals surface area (Å²) in [5, 5.41) is 1.49. The van der Waals surface area contributed by atoms with Gasteiger partial charge in [0, 0.05) is 47.2 Å². The van der Waals surface area contributed by atoms with Crippen molar-refractivity contribution in [2.24, 2.45) is 0 Å². The van der Waals surface area contributed by atoms with E-state index in [0.717, 1.165) is 34.7 Å². The number of ether oxygens (including phenoxy) is 1. The van der Waals surface area contributed by atoms with E-state index < -0.39 is 5.60 Å². The molecule has 0 spiro atoms. The molecule has 0 aliphatic carbocycles. The highest BCUT2D eigenvalue weighted by Crippen LogP contribution is 2.35. The third kappa shape index (κ3) is 4.08. The van der Waals surface area contributed by atoms with E-state index in [1.807, 2.05) is 45.0 Å². The summed E-state index contributed by atoms with van der Waals surface area (Å²) in [5.74, 6) is 0.288. The molecule has 5 nitrogen and oxygen atoms in total. The Balaban J connectivity index is 1.53. The fourth-order valence-corrected chi connectivity index (χ4v) is 4.22. The van der Waals surface area contributed by atoms with E-state index in [-0.39, 0.29) is 12.0 Å². The zero-order chi connectivity index (χ0) is 21.5. The van der Waals surface area contributed by atoms with Crippen LogP contribution < -0.4 is 0 Å². The second-order valence-electron chi connectivity index (χ2n) is 8.77. The first-order valence-electron chi connectivity index (χ1n) is 10.1. The van der Waals surface area contributed by atoms with Crippen molar-refractivity contribution in [3.8, 4) is 11.1 Å². The van der Waals surface area contributed by atoms with Crippen molar-refractivity contribution in [1.29, 1.82) is 0 Å². The van der Waals surface area contributed by atoms with Crippen LogP contribution in [0.2, 0.25) is 5.02 Å². The predicted octanol–water partition coefficient (Wildman–Crippen LogP) is 6.03. The fraction of sp³-hybridized carbons (Fsp3) is 0.333. The topological polar surface area (TPSA) is 62.4 Å². The number of carbonyl (C=O) groups excluding carboxylic acids is 2. The minimum atomic E-state index is -0.486. The molecule has 1 aliphatic rings. The van der Waals surface area contributed by atoms with Crippen LogP contribution in [0.4, 0.5) is 4.79 Å². The molecule has 0 bridgehead atoms. The molecule has 1 aromatic heterocycles. The normalized spacial score (nSPS) is 16.8. The van der Waals surface area contributed by atoms with Crippen molar-refractivity contribution in [1.82, 2.24) is 9.88 Å². The largest absolute Gasteiger partial charge is 0.444 e. The van der Waals surface area contributed by atoms with E-state index in [1.165, 1.54) is 5.56 Å². The maximum absolute atomic E-state index is 12.3. The van der Waals surface area contributed by atoms with Gasteiger partial charge in [-0.3, -0.25) is 4.79 Å². The zero-order valence-corrected chi connectivity index (χ0v) is 18.1. The Morgan fingerprint density at radius 3 is 2.63 bits per heavy atom. The summed E-state index contributed by atoms with van der Waals surface area (Å²) < 4.78 is 5.49. The van der Waals surface area contributed by atoms with Crippen molar-refractivity contribution >= 4 is 34.9 Å². The first kappa shape index (κ1) is 20.5. The lowest BCUT2D eigenvalue weighted by Gasteiger charge is -2.24. The molecule has 1 fully saturated rings. The molecule has 1 amide bonds. The first-order chi connectivity index (χ1) is 14.2. The van der Waals surface area contributed by atoms with Gasteiger partial charge in [-0.25, -0.2) is 4.79 Å². The lowest BCUT2D eigenvalue weighted by atomic mass is 9.95. The molecule has 6 heteroatoms. The van der Waals surface area contributed by atoms with E-state index in [1.54, 1.807) is 11.1 Å². The summed E-state index contributed by atoms with van der Waals surface area (Å²) in [6.45, 7) is 7.00. The highest BCUT2D eigenvalue weighted by Gasteiger charge is 2.30. The monoisotopic (exact) mass is 424 g/mol. The standard InChI is InChI=1S/C24H25ClN2O3/c1-24(2,3)30-23(29)27-9-8-17(13-27)15-4-6-16(7-5-15)19-10-20-18(14-28)12-26-22(20)11-21(19)25/h4-7,10-12,14,17,26H,8-9,13H2,1-3H3. The lowest BCUT2D eigenvalue weighted by molar-refractivity contribution is 0.0292. The minimum absolute atomic E-state index is 0.251. The number of nitrogens with zero attached hydrogens (tertiary/aromatic N) is 1. The molecule has 156 valence electrons. The van der Waals surface area contributed by atoms with Crippen LogP contribution in [0, 0.1) is 0 Å². The number of carbonyl (C=O) groups is 2. The average Bonchev–Trinajstić information content (AvgIpc) is 3.33. The minimum Gasteiger partial charge on any atom is -0.444 e. The molecule has 0 saturated carbocycles. The van der Waals surface area contributed by atoms with Crippen molar-refractivity contribution in [3.63, 3.8) is 0 Å². The van der Waals surface area contributed by atoms with Crippen molar-refractivity contribution in [2.75, 3.05) is 13.1 Å². The Morgan fingerprint density at radius 2 is 1.97 bits per heavy atom. The predicted molar refractivity (Wildman–Crippen MR) is 119 cm³/mol. The number of halogens is 1. The Labute approximate surface area is 181 Å². The molecule has 1 aliphatic heterocycles. The molecule has 2 aromatic carbocycles. The molecule has 2 heterocycles. The van der Waals surface area contributed by atoms with E-state index in [2.05, 4.69) is 17.1 Å². The quantitative estimate of drug-likeness (QED) is 0.522. The molecule has 3 aromatic rings. The molecule has 4 rings (SSSR count). The number of hydrogen-bond acceptors (Lipinski definition) is 3. The SMILES string of the molecule is CC(C)(C)OC(=O)N1CCC(c2ccc(-c3cc4c(C=O)c[nH]c4cc3Cl)cc2)C1. The number of aldehydes is 1. The van der Waals surface area contributed by atoms with Crippen LogP contribution >= 0.6 is 11.6 Å². The molecule has 1 N–H and O–H groups in total. The number of aromatic amines is 1. The molecule has 1 saturated heterocycles. The van der Waals surface area contributed by atoms with Gasteiger partial charge in [0.15, 0.2) is 6.29 Å². The summed E-state index contributed by atoms with van der Waals surface area (Å²) in [6, 6.07) is 12.1. The average molecular weight is 425 g/mol. The Hall–Kier alpha value is -2.79. The van der Waals surface area contributed by atoms with Gasteiger partial charge in [0.2, 0.25) is 0 Å². The number of hydrogen-bond donors (Lipinski definition) is 1. The number of likely N-dealkylation sites (tertiary alicyclic amines) is 1. The highest BCUT2D eigenvalue weighted by molar-refractivity contribution is 6.34. The molecule has 30 heavy (non-hydrogen) atoms. The van der Waals surface area contributed by atoms with E-state index in [4.69, 9.17) is 16.3 Å². The van der Waals surface area contributed by atoms with Gasteiger partial charge in [0.05, 0.1) is 5.02 Å². The van der Waals surface area contributed by atoms with Crippen molar-refractivity contribution in [3.05, 3.63) is 58.7 Å². The molecular weight excluding hydrogens is 400 g/mol. The summed E-state index contributed by atoms with van der Waals surface area (Å²) in [6.07, 6.45) is 3.20. The summed E-state index contributed by atoms with van der Waals surface area (Å²) >= 11 is 6.50. The first-order valence-corrected chi connectivity index (χ1v) is 10.5. The van der Waals surface area contributed by atoms with Gasteiger partial charge in [-0.2, -0.15) is 0 Å². The number of aromatic nitrogens is 1. The van der Waals surface area contributed by atoms with E-state index >= 15 is 0 Å². The van der Waals surface area contributed by atoms with Gasteiger partial charge < -0.3 is 14.6 Å².